The Morgan fingerprint density at radius 1 is 0.958 bits per heavy atom. The minimum atomic E-state index is -0.791. The van der Waals surface area contributed by atoms with E-state index in [4.69, 9.17) is 14.2 Å². The number of benzene rings is 1. The normalized spacial score (nSPS) is 39.5. The Bertz CT molecular complexity index is 743. The second-order valence-electron chi connectivity index (χ2n) is 7.37. The number of carbonyl (C=O) groups is 2. The van der Waals surface area contributed by atoms with Gasteiger partial charge in [-0.25, -0.2) is 4.90 Å². The van der Waals surface area contributed by atoms with Crippen molar-refractivity contribution in [2.45, 2.75) is 38.9 Å². The molecule has 4 atom stereocenters. The van der Waals surface area contributed by atoms with Gasteiger partial charge in [0.15, 0.2) is 11.5 Å². The molecular weight excluding hydrogens is 310 g/mol. The Labute approximate surface area is 139 Å². The number of amides is 2. The lowest BCUT2D eigenvalue weighted by atomic mass is 9.59. The molecule has 0 unspecified atom stereocenters. The Balaban J connectivity index is 1.61. The molecule has 1 aromatic rings. The molecule has 0 N–H and O–H groups in total. The highest BCUT2D eigenvalue weighted by atomic mass is 16.6. The van der Waals surface area contributed by atoms with Crippen molar-refractivity contribution in [3.8, 4) is 11.5 Å². The van der Waals surface area contributed by atoms with Crippen molar-refractivity contribution in [3.05, 3.63) is 18.2 Å². The van der Waals surface area contributed by atoms with Crippen LogP contribution >= 0.6 is 0 Å². The second-order valence-corrected chi connectivity index (χ2v) is 7.37. The first-order valence-electron chi connectivity index (χ1n) is 8.42. The SMILES string of the molecule is C[C@@]12C(=O)N(c3ccc4c(c3)OCCO4)C(=O)[C@]1(C)[C@H]1CC[C@@H]2O1. The Kier molecular flexibility index (Phi) is 2.56. The highest BCUT2D eigenvalue weighted by Crippen LogP contribution is 2.64. The van der Waals surface area contributed by atoms with Gasteiger partial charge in [-0.15, -0.1) is 0 Å². The maximum Gasteiger partial charge on any atom is 0.243 e. The summed E-state index contributed by atoms with van der Waals surface area (Å²) in [5, 5.41) is 0. The molecule has 5 rings (SSSR count). The summed E-state index contributed by atoms with van der Waals surface area (Å²) in [6.45, 7) is 4.74. The van der Waals surface area contributed by atoms with Gasteiger partial charge in [-0.3, -0.25) is 9.59 Å². The summed E-state index contributed by atoms with van der Waals surface area (Å²) in [5.74, 6) is 0.883. The summed E-state index contributed by atoms with van der Waals surface area (Å²) < 4.78 is 17.1. The molecule has 2 amide bonds. The molecule has 126 valence electrons. The summed E-state index contributed by atoms with van der Waals surface area (Å²) in [7, 11) is 0. The minimum absolute atomic E-state index is 0.168. The predicted octanol–water partition coefficient (Wildman–Crippen LogP) is 1.90. The van der Waals surface area contributed by atoms with Gasteiger partial charge < -0.3 is 14.2 Å². The average molecular weight is 329 g/mol. The van der Waals surface area contributed by atoms with Crippen LogP contribution in [0.1, 0.15) is 26.7 Å². The largest absolute Gasteiger partial charge is 0.486 e. The van der Waals surface area contributed by atoms with Gasteiger partial charge in [-0.05, 0) is 38.8 Å². The second kappa shape index (κ2) is 4.30. The third-order valence-electron chi connectivity index (χ3n) is 6.47. The number of imide groups is 1. The summed E-state index contributed by atoms with van der Waals surface area (Å²) in [4.78, 5) is 27.8. The van der Waals surface area contributed by atoms with Gasteiger partial charge >= 0.3 is 0 Å². The van der Waals surface area contributed by atoms with Gasteiger partial charge in [-0.2, -0.15) is 0 Å². The fourth-order valence-electron chi connectivity index (χ4n) is 4.84. The maximum absolute atomic E-state index is 13.2. The molecule has 6 heteroatoms. The number of ether oxygens (including phenoxy) is 3. The van der Waals surface area contributed by atoms with Crippen molar-refractivity contribution >= 4 is 17.5 Å². The first-order chi connectivity index (χ1) is 11.5. The van der Waals surface area contributed by atoms with E-state index in [9.17, 15) is 9.59 Å². The molecule has 4 aliphatic rings. The van der Waals surface area contributed by atoms with Gasteiger partial charge in [0.1, 0.15) is 13.2 Å². The van der Waals surface area contributed by atoms with Crippen LogP contribution in [-0.4, -0.2) is 37.2 Å². The van der Waals surface area contributed by atoms with E-state index in [1.54, 1.807) is 18.2 Å². The van der Waals surface area contributed by atoms with Gasteiger partial charge in [0.2, 0.25) is 11.8 Å². The van der Waals surface area contributed by atoms with Gasteiger partial charge in [-0.1, -0.05) is 0 Å². The third-order valence-corrected chi connectivity index (χ3v) is 6.47. The molecule has 0 aromatic heterocycles. The fourth-order valence-corrected chi connectivity index (χ4v) is 4.84. The molecule has 3 fully saturated rings. The van der Waals surface area contributed by atoms with Crippen molar-refractivity contribution in [3.63, 3.8) is 0 Å². The van der Waals surface area contributed by atoms with E-state index in [1.165, 1.54) is 4.90 Å². The van der Waals surface area contributed by atoms with Crippen LogP contribution in [0.15, 0.2) is 18.2 Å². The van der Waals surface area contributed by atoms with Crippen molar-refractivity contribution in [2.24, 2.45) is 10.8 Å². The van der Waals surface area contributed by atoms with E-state index in [0.717, 1.165) is 12.8 Å². The molecule has 4 heterocycles. The van der Waals surface area contributed by atoms with Crippen LogP contribution in [0.2, 0.25) is 0 Å². The van der Waals surface area contributed by atoms with Gasteiger partial charge in [0.05, 0.1) is 28.7 Å². The number of anilines is 1. The molecular formula is C18H19NO5. The van der Waals surface area contributed by atoms with Crippen LogP contribution in [0.25, 0.3) is 0 Å². The average Bonchev–Trinajstić information content (AvgIpc) is 3.21. The Hall–Kier alpha value is -2.08. The number of nitrogens with zero attached hydrogens (tertiary/aromatic N) is 1. The number of hydrogen-bond donors (Lipinski definition) is 0. The Morgan fingerprint density at radius 3 is 2.17 bits per heavy atom. The first kappa shape index (κ1) is 14.3. The van der Waals surface area contributed by atoms with Crippen LogP contribution in [0, 0.1) is 10.8 Å². The van der Waals surface area contributed by atoms with E-state index in [-0.39, 0.29) is 24.0 Å². The molecule has 0 saturated carbocycles. The van der Waals surface area contributed by atoms with Crippen LogP contribution < -0.4 is 14.4 Å². The molecule has 2 bridgehead atoms. The van der Waals surface area contributed by atoms with Crippen molar-refractivity contribution in [2.75, 3.05) is 18.1 Å². The number of rotatable bonds is 1. The summed E-state index contributed by atoms with van der Waals surface area (Å²) in [6, 6.07) is 5.23. The smallest absolute Gasteiger partial charge is 0.243 e. The summed E-state index contributed by atoms with van der Waals surface area (Å²) >= 11 is 0. The topological polar surface area (TPSA) is 65.1 Å². The molecule has 4 aliphatic heterocycles. The fraction of sp³-hybridized carbons (Fsp3) is 0.556. The van der Waals surface area contributed by atoms with Crippen molar-refractivity contribution in [1.82, 2.24) is 0 Å². The number of carbonyl (C=O) groups excluding carboxylic acids is 2. The Morgan fingerprint density at radius 2 is 1.54 bits per heavy atom. The third kappa shape index (κ3) is 1.38. The molecule has 0 spiro atoms. The standard InChI is InChI=1S/C18H19NO5/c1-17-13-5-6-14(24-13)18(17,2)16(21)19(15(17)20)10-3-4-11-12(9-10)23-8-7-22-11/h3-4,9,13-14H,5-8H2,1-2H3/t13-,14+,17+,18-. The van der Waals surface area contributed by atoms with E-state index in [0.29, 0.717) is 30.4 Å². The molecule has 0 aliphatic carbocycles. The summed E-state index contributed by atoms with van der Waals surface area (Å²) in [6.07, 6.45) is 1.33. The number of fused-ring (bicyclic) bond motifs is 6. The quantitative estimate of drug-likeness (QED) is 0.736. The maximum atomic E-state index is 13.2. The molecule has 24 heavy (non-hydrogen) atoms. The van der Waals surface area contributed by atoms with E-state index in [1.807, 2.05) is 13.8 Å². The minimum Gasteiger partial charge on any atom is -0.486 e. The van der Waals surface area contributed by atoms with E-state index >= 15 is 0 Å². The molecule has 3 saturated heterocycles. The zero-order valence-electron chi connectivity index (χ0n) is 13.7. The number of hydrogen-bond acceptors (Lipinski definition) is 5. The lowest BCUT2D eigenvalue weighted by Crippen LogP contribution is -2.48. The zero-order valence-corrected chi connectivity index (χ0v) is 13.7. The lowest BCUT2D eigenvalue weighted by molar-refractivity contribution is -0.132. The molecule has 1 aromatic carbocycles. The van der Waals surface area contributed by atoms with E-state index in [2.05, 4.69) is 0 Å². The first-order valence-corrected chi connectivity index (χ1v) is 8.42. The summed E-state index contributed by atoms with van der Waals surface area (Å²) in [5.41, 5.74) is -1.04. The van der Waals surface area contributed by atoms with Crippen LogP contribution in [-0.2, 0) is 14.3 Å². The van der Waals surface area contributed by atoms with Crippen LogP contribution in [0.3, 0.4) is 0 Å². The molecule has 0 radical (unpaired) electrons. The lowest BCUT2D eigenvalue weighted by Gasteiger charge is -2.36. The predicted molar refractivity (Wildman–Crippen MR) is 84.0 cm³/mol. The monoisotopic (exact) mass is 329 g/mol. The van der Waals surface area contributed by atoms with Gasteiger partial charge in [0, 0.05) is 6.07 Å². The van der Waals surface area contributed by atoms with E-state index < -0.39 is 10.8 Å². The highest BCUT2D eigenvalue weighted by molar-refractivity contribution is 6.26. The van der Waals surface area contributed by atoms with Gasteiger partial charge in [0.25, 0.3) is 0 Å². The van der Waals surface area contributed by atoms with Crippen molar-refractivity contribution < 1.29 is 23.8 Å². The van der Waals surface area contributed by atoms with Crippen molar-refractivity contribution in [1.29, 1.82) is 0 Å². The van der Waals surface area contributed by atoms with Crippen LogP contribution in [0.4, 0.5) is 5.69 Å². The highest BCUT2D eigenvalue weighted by Gasteiger charge is 2.77. The zero-order chi connectivity index (χ0) is 16.7. The molecule has 6 nitrogen and oxygen atoms in total. The van der Waals surface area contributed by atoms with Crippen LogP contribution in [0.5, 0.6) is 11.5 Å².